The third-order valence-corrected chi connectivity index (χ3v) is 4.91. The minimum absolute atomic E-state index is 0.195. The van der Waals surface area contributed by atoms with Crippen LogP contribution in [0.25, 0.3) is 6.08 Å². The van der Waals surface area contributed by atoms with Crippen molar-refractivity contribution in [3.63, 3.8) is 0 Å². The Morgan fingerprint density at radius 2 is 1.68 bits per heavy atom. The zero-order chi connectivity index (χ0) is 24.5. The molecule has 176 valence electrons. The first-order valence-corrected chi connectivity index (χ1v) is 11.1. The number of benzene rings is 3. The Morgan fingerprint density at radius 3 is 2.32 bits per heavy atom. The van der Waals surface area contributed by atoms with Crippen LogP contribution >= 0.6 is 11.6 Å². The van der Waals surface area contributed by atoms with Gasteiger partial charge in [-0.1, -0.05) is 29.8 Å². The lowest BCUT2D eigenvalue weighted by molar-refractivity contribution is -0.111. The van der Waals surface area contributed by atoms with Gasteiger partial charge in [0.1, 0.15) is 6.61 Å². The van der Waals surface area contributed by atoms with Crippen LogP contribution in [0, 0.1) is 0 Å². The van der Waals surface area contributed by atoms with E-state index in [1.54, 1.807) is 63.4 Å². The van der Waals surface area contributed by atoms with E-state index in [1.807, 2.05) is 30.3 Å². The molecule has 1 N–H and O–H groups in total. The van der Waals surface area contributed by atoms with Crippen LogP contribution in [-0.2, 0) is 16.1 Å². The molecule has 0 aliphatic carbocycles. The molecule has 1 amide bonds. The lowest BCUT2D eigenvalue weighted by Gasteiger charge is -2.11. The molecule has 0 saturated carbocycles. The van der Waals surface area contributed by atoms with Crippen LogP contribution < -0.4 is 14.8 Å². The standard InChI is InChI=1S/C27H26ClNO5/c1-18(2)34-27(31)21-8-12-23(13-9-21)29-26(30)15-7-19-6-14-24(25(16-19)32-3)33-17-20-4-10-22(28)11-5-20/h4-16,18H,17H2,1-3H3,(H,29,30)/b15-7+. The van der Waals surface area contributed by atoms with Crippen molar-refractivity contribution in [3.05, 3.63) is 94.5 Å². The lowest BCUT2D eigenvalue weighted by Crippen LogP contribution is -2.12. The molecular weight excluding hydrogens is 454 g/mol. The summed E-state index contributed by atoms with van der Waals surface area (Å²) < 4.78 is 16.4. The second-order valence-corrected chi connectivity index (χ2v) is 8.12. The van der Waals surface area contributed by atoms with Crippen molar-refractivity contribution in [2.45, 2.75) is 26.6 Å². The highest BCUT2D eigenvalue weighted by Crippen LogP contribution is 2.29. The summed E-state index contributed by atoms with van der Waals surface area (Å²) in [7, 11) is 1.56. The Kier molecular flexibility index (Phi) is 8.71. The molecule has 0 saturated heterocycles. The third-order valence-electron chi connectivity index (χ3n) is 4.65. The topological polar surface area (TPSA) is 73.9 Å². The Morgan fingerprint density at radius 1 is 0.971 bits per heavy atom. The fourth-order valence-corrected chi connectivity index (χ4v) is 3.10. The van der Waals surface area contributed by atoms with Crippen molar-refractivity contribution in [2.24, 2.45) is 0 Å². The van der Waals surface area contributed by atoms with Crippen LogP contribution in [0.4, 0.5) is 5.69 Å². The van der Waals surface area contributed by atoms with E-state index in [1.165, 1.54) is 6.08 Å². The van der Waals surface area contributed by atoms with E-state index in [4.69, 9.17) is 25.8 Å². The van der Waals surface area contributed by atoms with Crippen LogP contribution in [0.2, 0.25) is 5.02 Å². The average molecular weight is 480 g/mol. The van der Waals surface area contributed by atoms with Crippen molar-refractivity contribution in [1.82, 2.24) is 0 Å². The highest BCUT2D eigenvalue weighted by Gasteiger charge is 2.09. The molecule has 0 aromatic heterocycles. The minimum atomic E-state index is -0.401. The summed E-state index contributed by atoms with van der Waals surface area (Å²) >= 11 is 5.91. The number of amides is 1. The summed E-state index contributed by atoms with van der Waals surface area (Å²) in [6.45, 7) is 3.95. The molecule has 6 nitrogen and oxygen atoms in total. The number of carbonyl (C=O) groups is 2. The Bertz CT molecular complexity index is 1150. The summed E-state index contributed by atoms with van der Waals surface area (Å²) in [6, 6.07) is 19.4. The minimum Gasteiger partial charge on any atom is -0.493 e. The number of rotatable bonds is 9. The van der Waals surface area contributed by atoms with Crippen LogP contribution in [0.5, 0.6) is 11.5 Å². The van der Waals surface area contributed by atoms with Gasteiger partial charge < -0.3 is 19.5 Å². The maximum Gasteiger partial charge on any atom is 0.338 e. The second kappa shape index (κ2) is 11.9. The third kappa shape index (κ3) is 7.39. The summed E-state index contributed by atoms with van der Waals surface area (Å²) in [4.78, 5) is 24.2. The predicted octanol–water partition coefficient (Wildman–Crippen LogP) is 6.14. The first-order valence-electron chi connectivity index (χ1n) is 10.7. The molecule has 0 heterocycles. The largest absolute Gasteiger partial charge is 0.493 e. The monoisotopic (exact) mass is 479 g/mol. The van der Waals surface area contributed by atoms with Crippen molar-refractivity contribution >= 4 is 35.2 Å². The summed E-state index contributed by atoms with van der Waals surface area (Å²) in [6.07, 6.45) is 2.90. The molecule has 7 heteroatoms. The fourth-order valence-electron chi connectivity index (χ4n) is 2.98. The van der Waals surface area contributed by atoms with Crippen molar-refractivity contribution in [2.75, 3.05) is 12.4 Å². The number of esters is 1. The van der Waals surface area contributed by atoms with Gasteiger partial charge in [-0.2, -0.15) is 0 Å². The van der Waals surface area contributed by atoms with E-state index in [9.17, 15) is 9.59 Å². The molecular formula is C27H26ClNO5. The van der Waals surface area contributed by atoms with Gasteiger partial charge in [0.05, 0.1) is 18.8 Å². The first kappa shape index (κ1) is 24.9. The maximum absolute atomic E-state index is 12.3. The molecule has 0 radical (unpaired) electrons. The molecule has 0 bridgehead atoms. The van der Waals surface area contributed by atoms with Gasteiger partial charge in [-0.25, -0.2) is 4.79 Å². The smallest absolute Gasteiger partial charge is 0.338 e. The van der Waals surface area contributed by atoms with Crippen LogP contribution in [-0.4, -0.2) is 25.1 Å². The number of hydrogen-bond acceptors (Lipinski definition) is 5. The number of anilines is 1. The molecule has 0 aliphatic heterocycles. The molecule has 34 heavy (non-hydrogen) atoms. The lowest BCUT2D eigenvalue weighted by atomic mass is 10.1. The van der Waals surface area contributed by atoms with Gasteiger partial charge in [0.25, 0.3) is 0 Å². The van der Waals surface area contributed by atoms with Gasteiger partial charge in [0.2, 0.25) is 5.91 Å². The number of ether oxygens (including phenoxy) is 3. The molecule has 0 atom stereocenters. The quantitative estimate of drug-likeness (QED) is 0.294. The zero-order valence-electron chi connectivity index (χ0n) is 19.2. The number of methoxy groups -OCH3 is 1. The van der Waals surface area contributed by atoms with Gasteiger partial charge in [0, 0.05) is 16.8 Å². The van der Waals surface area contributed by atoms with E-state index in [0.717, 1.165) is 11.1 Å². The highest BCUT2D eigenvalue weighted by molar-refractivity contribution is 6.30. The summed E-state index contributed by atoms with van der Waals surface area (Å²) in [5, 5.41) is 3.43. The van der Waals surface area contributed by atoms with Gasteiger partial charge in [0.15, 0.2) is 11.5 Å². The van der Waals surface area contributed by atoms with Crippen molar-refractivity contribution in [1.29, 1.82) is 0 Å². The first-order chi connectivity index (χ1) is 16.3. The SMILES string of the molecule is COc1cc(/C=C/C(=O)Nc2ccc(C(=O)OC(C)C)cc2)ccc1OCc1ccc(Cl)cc1. The fraction of sp³-hybridized carbons (Fsp3) is 0.185. The van der Waals surface area contributed by atoms with Crippen LogP contribution in [0.1, 0.15) is 35.3 Å². The van der Waals surface area contributed by atoms with Crippen LogP contribution in [0.3, 0.4) is 0 Å². The summed E-state index contributed by atoms with van der Waals surface area (Å²) in [5.41, 5.74) is 2.75. The molecule has 3 rings (SSSR count). The number of nitrogens with one attached hydrogen (secondary N) is 1. The van der Waals surface area contributed by atoms with Gasteiger partial charge in [-0.15, -0.1) is 0 Å². The maximum atomic E-state index is 12.3. The molecule has 0 aliphatic rings. The Hall–Kier alpha value is -3.77. The Balaban J connectivity index is 1.58. The normalized spacial score (nSPS) is 10.9. The average Bonchev–Trinajstić information content (AvgIpc) is 2.82. The number of hydrogen-bond donors (Lipinski definition) is 1. The second-order valence-electron chi connectivity index (χ2n) is 7.68. The van der Waals surface area contributed by atoms with Gasteiger partial charge in [-0.3, -0.25) is 4.79 Å². The van der Waals surface area contributed by atoms with Crippen molar-refractivity contribution in [3.8, 4) is 11.5 Å². The van der Waals surface area contributed by atoms with E-state index in [-0.39, 0.29) is 12.0 Å². The molecule has 3 aromatic rings. The van der Waals surface area contributed by atoms with Crippen LogP contribution in [0.15, 0.2) is 72.8 Å². The summed E-state index contributed by atoms with van der Waals surface area (Å²) in [5.74, 6) is 0.442. The predicted molar refractivity (Wildman–Crippen MR) is 133 cm³/mol. The van der Waals surface area contributed by atoms with E-state index < -0.39 is 5.97 Å². The van der Waals surface area contributed by atoms with E-state index >= 15 is 0 Å². The highest BCUT2D eigenvalue weighted by atomic mass is 35.5. The number of halogens is 1. The van der Waals surface area contributed by atoms with Crippen molar-refractivity contribution < 1.29 is 23.8 Å². The Labute approximate surface area is 204 Å². The molecule has 3 aromatic carbocycles. The van der Waals surface area contributed by atoms with E-state index in [0.29, 0.717) is 34.4 Å². The zero-order valence-corrected chi connectivity index (χ0v) is 20.0. The molecule has 0 unspecified atom stereocenters. The van der Waals surface area contributed by atoms with Gasteiger partial charge in [-0.05, 0) is 79.6 Å². The van der Waals surface area contributed by atoms with E-state index in [2.05, 4.69) is 5.32 Å². The molecule has 0 spiro atoms. The molecule has 0 fully saturated rings. The number of carbonyl (C=O) groups excluding carboxylic acids is 2. The van der Waals surface area contributed by atoms with Gasteiger partial charge >= 0.3 is 5.97 Å².